The van der Waals surface area contributed by atoms with Crippen molar-refractivity contribution in [3.63, 3.8) is 0 Å². The summed E-state index contributed by atoms with van der Waals surface area (Å²) >= 11 is 1.47. The second kappa shape index (κ2) is 15.3. The van der Waals surface area contributed by atoms with Crippen LogP contribution in [-0.2, 0) is 15.8 Å². The van der Waals surface area contributed by atoms with Gasteiger partial charge in [-0.05, 0) is 68.9 Å². The Morgan fingerprint density at radius 1 is 1.00 bits per heavy atom. The number of aromatic nitrogens is 3. The normalized spacial score (nSPS) is 19.2. The second-order valence-electron chi connectivity index (χ2n) is 14.0. The maximum atomic E-state index is 13.3. The van der Waals surface area contributed by atoms with Gasteiger partial charge < -0.3 is 19.9 Å². The molecule has 53 heavy (non-hydrogen) atoms. The Bertz CT molecular complexity index is 1970. The maximum Gasteiger partial charge on any atom is 0.433 e. The molecule has 0 spiro atoms. The summed E-state index contributed by atoms with van der Waals surface area (Å²) in [5, 5.41) is 5.76. The van der Waals surface area contributed by atoms with Crippen molar-refractivity contribution < 1.29 is 32.3 Å². The lowest BCUT2D eigenvalue weighted by Gasteiger charge is -2.39. The number of hydrogen-bond acceptors (Lipinski definition) is 11. The van der Waals surface area contributed by atoms with E-state index in [0.717, 1.165) is 85.9 Å². The second-order valence-corrected chi connectivity index (χ2v) is 15.0. The molecular weight excluding hydrogens is 710 g/mol. The standard InChI is InChI=1S/C37H41F3N8O4S/c1-22(2)52-28-19-27-29(18-26(28)35(51)44-31-5-3-4-30(43-31)37(38,39)40)53-36(42-27)48-16-14-46(15-17-48)21-23-10-12-47(13-11-23)32-8-6-24(20-41-32)25-7-9-33(49)45-34(25)50/h3-6,8,18-20,22-23,25H,7,9-17,21H2,1-2H3,(H,43,44,51)(H,45,49,50). The van der Waals surface area contributed by atoms with Gasteiger partial charge in [0.1, 0.15) is 23.1 Å². The fraction of sp³-hybridized carbons (Fsp3) is 0.459. The van der Waals surface area contributed by atoms with Crippen LogP contribution in [0.15, 0.2) is 48.7 Å². The Kier molecular flexibility index (Phi) is 10.5. The number of nitrogens with zero attached hydrogens (tertiary/aromatic N) is 6. The first-order valence-corrected chi connectivity index (χ1v) is 18.7. The van der Waals surface area contributed by atoms with E-state index in [9.17, 15) is 27.6 Å². The first-order chi connectivity index (χ1) is 25.4. The molecule has 1 unspecified atom stereocenters. The zero-order valence-electron chi connectivity index (χ0n) is 29.5. The zero-order chi connectivity index (χ0) is 37.3. The highest BCUT2D eigenvalue weighted by Crippen LogP contribution is 2.36. The molecule has 280 valence electrons. The van der Waals surface area contributed by atoms with Gasteiger partial charge in [0.2, 0.25) is 11.8 Å². The average molecular weight is 751 g/mol. The Hall–Kier alpha value is -4.83. The molecule has 0 aliphatic carbocycles. The van der Waals surface area contributed by atoms with Crippen LogP contribution in [0.3, 0.4) is 0 Å². The molecule has 3 amide bonds. The molecule has 0 saturated carbocycles. The molecule has 6 heterocycles. The van der Waals surface area contributed by atoms with Gasteiger partial charge in [-0.1, -0.05) is 23.5 Å². The van der Waals surface area contributed by atoms with Crippen LogP contribution < -0.4 is 25.2 Å². The SMILES string of the molecule is CC(C)Oc1cc2nc(N3CCN(CC4CCN(c5ccc(C6CCC(=O)NC6=O)cn5)CC4)CC3)sc2cc1C(=O)Nc1cccc(C(F)(F)F)n1. The van der Waals surface area contributed by atoms with Gasteiger partial charge in [0.05, 0.1) is 27.8 Å². The van der Waals surface area contributed by atoms with E-state index in [2.05, 4.69) is 35.3 Å². The van der Waals surface area contributed by atoms with Crippen molar-refractivity contribution in [2.45, 2.75) is 57.7 Å². The van der Waals surface area contributed by atoms with E-state index in [1.807, 2.05) is 26.0 Å². The van der Waals surface area contributed by atoms with Crippen molar-refractivity contribution in [1.82, 2.24) is 25.2 Å². The number of anilines is 3. The van der Waals surface area contributed by atoms with Crippen molar-refractivity contribution in [2.24, 2.45) is 5.92 Å². The number of thiazole rings is 1. The minimum absolute atomic E-state index is 0.191. The highest BCUT2D eigenvalue weighted by molar-refractivity contribution is 7.22. The van der Waals surface area contributed by atoms with Crippen LogP contribution in [0, 0.1) is 5.92 Å². The number of piperidine rings is 2. The molecule has 0 bridgehead atoms. The minimum Gasteiger partial charge on any atom is -0.490 e. The summed E-state index contributed by atoms with van der Waals surface area (Å²) in [4.78, 5) is 57.2. The fourth-order valence-electron chi connectivity index (χ4n) is 7.09. The van der Waals surface area contributed by atoms with Crippen molar-refractivity contribution >= 4 is 56.0 Å². The van der Waals surface area contributed by atoms with Crippen LogP contribution in [0.5, 0.6) is 5.75 Å². The first-order valence-electron chi connectivity index (χ1n) is 17.9. The number of halogens is 3. The molecular formula is C37H41F3N8O4S. The molecule has 4 aromatic rings. The van der Waals surface area contributed by atoms with Gasteiger partial charge in [-0.3, -0.25) is 24.6 Å². The topological polar surface area (TPSA) is 133 Å². The van der Waals surface area contributed by atoms with E-state index in [1.54, 1.807) is 18.3 Å². The monoisotopic (exact) mass is 750 g/mol. The van der Waals surface area contributed by atoms with E-state index in [-0.39, 0.29) is 35.2 Å². The summed E-state index contributed by atoms with van der Waals surface area (Å²) in [7, 11) is 0. The highest BCUT2D eigenvalue weighted by Gasteiger charge is 2.33. The number of nitrogens with one attached hydrogen (secondary N) is 2. The van der Waals surface area contributed by atoms with E-state index >= 15 is 0 Å². The van der Waals surface area contributed by atoms with Gasteiger partial charge in [-0.15, -0.1) is 0 Å². The van der Waals surface area contributed by atoms with Crippen molar-refractivity contribution in [1.29, 1.82) is 0 Å². The van der Waals surface area contributed by atoms with Crippen LogP contribution in [0.1, 0.15) is 67.1 Å². The lowest BCUT2D eigenvalue weighted by Crippen LogP contribution is -2.49. The van der Waals surface area contributed by atoms with E-state index in [0.29, 0.717) is 30.0 Å². The Morgan fingerprint density at radius 2 is 1.77 bits per heavy atom. The molecule has 0 radical (unpaired) electrons. The van der Waals surface area contributed by atoms with Gasteiger partial charge in [-0.2, -0.15) is 13.2 Å². The summed E-state index contributed by atoms with van der Waals surface area (Å²) in [5.74, 6) is 0.156. The van der Waals surface area contributed by atoms with Gasteiger partial charge >= 0.3 is 6.18 Å². The lowest BCUT2D eigenvalue weighted by atomic mass is 9.91. The minimum atomic E-state index is -4.63. The van der Waals surface area contributed by atoms with E-state index in [1.165, 1.54) is 23.5 Å². The number of carbonyl (C=O) groups is 3. The van der Waals surface area contributed by atoms with Crippen LogP contribution >= 0.6 is 11.3 Å². The number of ether oxygens (including phenoxy) is 1. The Labute approximate surface area is 308 Å². The molecule has 3 aromatic heterocycles. The summed E-state index contributed by atoms with van der Waals surface area (Å²) in [6.45, 7) is 9.95. The largest absolute Gasteiger partial charge is 0.490 e. The zero-order valence-corrected chi connectivity index (χ0v) is 30.3. The maximum absolute atomic E-state index is 13.3. The third-order valence-corrected chi connectivity index (χ3v) is 11.0. The summed E-state index contributed by atoms with van der Waals surface area (Å²) in [6, 6.07) is 10.7. The molecule has 3 aliphatic rings. The summed E-state index contributed by atoms with van der Waals surface area (Å²) < 4.78 is 46.3. The number of benzene rings is 1. The molecule has 3 saturated heterocycles. The van der Waals surface area contributed by atoms with Gasteiger partial charge in [0, 0.05) is 64.5 Å². The number of rotatable bonds is 9. The number of amides is 3. The third kappa shape index (κ3) is 8.54. The molecule has 3 aliphatic heterocycles. The van der Waals surface area contributed by atoms with Gasteiger partial charge in [0.25, 0.3) is 5.91 Å². The number of imide groups is 1. The van der Waals surface area contributed by atoms with E-state index < -0.39 is 17.8 Å². The Balaban J connectivity index is 0.931. The number of fused-ring (bicyclic) bond motifs is 1. The summed E-state index contributed by atoms with van der Waals surface area (Å²) in [6.07, 6.45) is -0.133. The van der Waals surface area contributed by atoms with E-state index in [4.69, 9.17) is 9.72 Å². The van der Waals surface area contributed by atoms with Crippen LogP contribution in [0.25, 0.3) is 10.2 Å². The smallest absolute Gasteiger partial charge is 0.433 e. The number of alkyl halides is 3. The van der Waals surface area contributed by atoms with Crippen LogP contribution in [0.2, 0.25) is 0 Å². The lowest BCUT2D eigenvalue weighted by molar-refractivity contribution is -0.141. The Morgan fingerprint density at radius 3 is 2.45 bits per heavy atom. The number of hydrogen-bond donors (Lipinski definition) is 2. The van der Waals surface area contributed by atoms with Crippen LogP contribution in [-0.4, -0.2) is 89.5 Å². The fourth-order valence-corrected chi connectivity index (χ4v) is 8.12. The average Bonchev–Trinajstić information content (AvgIpc) is 3.55. The van der Waals surface area contributed by atoms with Gasteiger partial charge in [0.15, 0.2) is 5.13 Å². The highest BCUT2D eigenvalue weighted by atomic mass is 32.1. The molecule has 1 aromatic carbocycles. The van der Waals surface area contributed by atoms with Crippen molar-refractivity contribution in [3.05, 3.63) is 65.5 Å². The molecule has 1 atom stereocenters. The van der Waals surface area contributed by atoms with Crippen molar-refractivity contribution in [3.8, 4) is 5.75 Å². The molecule has 12 nitrogen and oxygen atoms in total. The number of pyridine rings is 2. The van der Waals surface area contributed by atoms with Gasteiger partial charge in [-0.25, -0.2) is 15.0 Å². The predicted molar refractivity (Wildman–Crippen MR) is 196 cm³/mol. The molecule has 7 rings (SSSR count). The predicted octanol–water partition coefficient (Wildman–Crippen LogP) is 5.70. The first kappa shape index (κ1) is 36.5. The summed E-state index contributed by atoms with van der Waals surface area (Å²) in [5.41, 5.74) is 0.623. The molecule has 2 N–H and O–H groups in total. The molecule has 16 heteroatoms. The van der Waals surface area contributed by atoms with Crippen molar-refractivity contribution in [2.75, 3.05) is 60.9 Å². The number of piperazine rings is 1. The third-order valence-electron chi connectivity index (χ3n) is 9.88. The van der Waals surface area contributed by atoms with Crippen LogP contribution in [0.4, 0.5) is 29.9 Å². The quantitative estimate of drug-likeness (QED) is 0.205. The number of carbonyl (C=O) groups excluding carboxylic acids is 3. The molecule has 3 fully saturated rings.